The van der Waals surface area contributed by atoms with Gasteiger partial charge in [-0.25, -0.2) is 9.48 Å². The van der Waals surface area contributed by atoms with E-state index in [4.69, 9.17) is 10.5 Å². The molecule has 1 aliphatic heterocycles. The number of nitrogen functional groups attached to an aromatic ring is 1. The van der Waals surface area contributed by atoms with Crippen molar-refractivity contribution in [3.63, 3.8) is 0 Å². The smallest absolute Gasteiger partial charge is 0.330 e. The summed E-state index contributed by atoms with van der Waals surface area (Å²) < 4.78 is 6.58. The summed E-state index contributed by atoms with van der Waals surface area (Å²) in [6.45, 7) is 5.12. The molecule has 0 aliphatic carbocycles. The molecule has 3 N–H and O–H groups in total. The fourth-order valence-corrected chi connectivity index (χ4v) is 2.78. The molecule has 26 heavy (non-hydrogen) atoms. The van der Waals surface area contributed by atoms with Crippen molar-refractivity contribution in [2.75, 3.05) is 30.3 Å². The Hall–Kier alpha value is -2.94. The van der Waals surface area contributed by atoms with Crippen LogP contribution in [0, 0.1) is 0 Å². The molecular formula is C17H22N6O3. The highest BCUT2D eigenvalue weighted by molar-refractivity contribution is 5.87. The van der Waals surface area contributed by atoms with Crippen LogP contribution in [0.1, 0.15) is 25.1 Å². The normalized spacial score (nSPS) is 14.7. The van der Waals surface area contributed by atoms with Crippen LogP contribution >= 0.6 is 0 Å². The van der Waals surface area contributed by atoms with E-state index in [2.05, 4.69) is 15.1 Å². The topological polar surface area (TPSA) is 119 Å². The number of nitrogens with two attached hydrogens (primary N) is 1. The van der Waals surface area contributed by atoms with Crippen LogP contribution in [0.3, 0.4) is 0 Å². The summed E-state index contributed by atoms with van der Waals surface area (Å²) in [5.74, 6) is 0.938. The zero-order valence-electron chi connectivity index (χ0n) is 14.8. The number of carbonyl (C=O) groups is 1. The largest absolute Gasteiger partial charge is 0.463 e. The highest BCUT2D eigenvalue weighted by Gasteiger charge is 2.26. The van der Waals surface area contributed by atoms with Gasteiger partial charge in [-0.2, -0.15) is 15.1 Å². The number of hydrogen-bond acceptors (Lipinski definition) is 8. The van der Waals surface area contributed by atoms with Crippen molar-refractivity contribution >= 4 is 23.8 Å². The lowest BCUT2D eigenvalue weighted by molar-refractivity contribution is -0.137. The van der Waals surface area contributed by atoms with Gasteiger partial charge in [-0.1, -0.05) is 6.92 Å². The minimum absolute atomic E-state index is 0.139. The molecule has 0 radical (unpaired) electrons. The zero-order chi connectivity index (χ0) is 18.7. The van der Waals surface area contributed by atoms with Crippen molar-refractivity contribution in [2.24, 2.45) is 0 Å². The maximum absolute atomic E-state index is 11.5. The van der Waals surface area contributed by atoms with Crippen molar-refractivity contribution in [2.45, 2.75) is 26.4 Å². The maximum Gasteiger partial charge on any atom is 0.330 e. The highest BCUT2D eigenvalue weighted by Crippen LogP contribution is 2.23. The first-order valence-corrected chi connectivity index (χ1v) is 8.51. The number of rotatable bonds is 6. The van der Waals surface area contributed by atoms with Gasteiger partial charge in [-0.3, -0.25) is 0 Å². The Morgan fingerprint density at radius 1 is 1.38 bits per heavy atom. The molecule has 3 rings (SSSR count). The summed E-state index contributed by atoms with van der Waals surface area (Å²) in [7, 11) is 0. The van der Waals surface area contributed by atoms with Crippen LogP contribution in [-0.4, -0.2) is 56.6 Å². The Morgan fingerprint density at radius 2 is 2.12 bits per heavy atom. The summed E-state index contributed by atoms with van der Waals surface area (Å²) in [4.78, 5) is 21.9. The van der Waals surface area contributed by atoms with Gasteiger partial charge >= 0.3 is 5.97 Å². The Balaban J connectivity index is 1.91. The highest BCUT2D eigenvalue weighted by atomic mass is 16.5. The van der Waals surface area contributed by atoms with E-state index in [1.807, 2.05) is 11.8 Å². The predicted octanol–water partition coefficient (Wildman–Crippen LogP) is 0.564. The third kappa shape index (κ3) is 3.67. The molecule has 0 saturated carbocycles. The van der Waals surface area contributed by atoms with Crippen molar-refractivity contribution in [1.82, 2.24) is 19.7 Å². The van der Waals surface area contributed by atoms with E-state index in [-0.39, 0.29) is 12.1 Å². The van der Waals surface area contributed by atoms with Crippen molar-refractivity contribution in [3.8, 4) is 5.82 Å². The van der Waals surface area contributed by atoms with Gasteiger partial charge in [0, 0.05) is 30.8 Å². The van der Waals surface area contributed by atoms with Gasteiger partial charge in [0.2, 0.25) is 5.95 Å². The zero-order valence-corrected chi connectivity index (χ0v) is 14.8. The molecule has 0 unspecified atom stereocenters. The minimum atomic E-state index is -0.396. The monoisotopic (exact) mass is 358 g/mol. The molecule has 1 aliphatic rings. The lowest BCUT2D eigenvalue weighted by Gasteiger charge is -2.36. The van der Waals surface area contributed by atoms with E-state index in [0.29, 0.717) is 37.8 Å². The first-order valence-electron chi connectivity index (χ1n) is 8.51. The Labute approximate surface area is 151 Å². The van der Waals surface area contributed by atoms with Gasteiger partial charge < -0.3 is 20.5 Å². The number of anilines is 2. The van der Waals surface area contributed by atoms with E-state index in [1.54, 1.807) is 29.9 Å². The average molecular weight is 358 g/mol. The number of ether oxygens (including phenoxy) is 1. The van der Waals surface area contributed by atoms with Gasteiger partial charge in [0.25, 0.3) is 0 Å². The number of aromatic nitrogens is 4. The molecule has 0 spiro atoms. The number of nitrogens with zero attached hydrogens (tertiary/aromatic N) is 5. The Kier molecular flexibility index (Phi) is 5.17. The predicted molar refractivity (Wildman–Crippen MR) is 96.8 cm³/mol. The number of β-amino-alcohol motifs (C(OH)–C–C–N with tert-alkyl or cyclic N) is 1. The summed E-state index contributed by atoms with van der Waals surface area (Å²) in [5, 5.41) is 13.9. The molecule has 0 amide bonds. The molecule has 0 bridgehead atoms. The number of aliphatic hydroxyl groups is 1. The molecule has 138 valence electrons. The maximum atomic E-state index is 11.5. The standard InChI is InChI=1S/C17H22N6O3/c1-3-13-11(5-6-16(25)26-4-2)8-19-23(13)15-7-14(20-17(18)21-15)22-9-12(24)10-22/h5-8,12,24H,3-4,9-10H2,1-2H3,(H2,18,20,21). The van der Waals surface area contributed by atoms with Crippen molar-refractivity contribution < 1.29 is 14.6 Å². The Morgan fingerprint density at radius 3 is 2.77 bits per heavy atom. The second-order valence-corrected chi connectivity index (χ2v) is 5.90. The molecule has 1 saturated heterocycles. The van der Waals surface area contributed by atoms with Crippen LogP contribution in [0.2, 0.25) is 0 Å². The summed E-state index contributed by atoms with van der Waals surface area (Å²) in [6.07, 6.45) is 5.07. The number of aliphatic hydroxyl groups excluding tert-OH is 1. The van der Waals surface area contributed by atoms with Crippen LogP contribution in [-0.2, 0) is 16.0 Å². The molecule has 9 nitrogen and oxygen atoms in total. The minimum Gasteiger partial charge on any atom is -0.463 e. The molecular weight excluding hydrogens is 336 g/mol. The van der Waals surface area contributed by atoms with E-state index < -0.39 is 5.97 Å². The molecule has 2 aromatic heterocycles. The molecule has 1 fully saturated rings. The molecule has 0 atom stereocenters. The van der Waals surface area contributed by atoms with Crippen LogP contribution in [0.25, 0.3) is 11.9 Å². The fraction of sp³-hybridized carbons (Fsp3) is 0.412. The third-order valence-electron chi connectivity index (χ3n) is 4.04. The van der Waals surface area contributed by atoms with Crippen molar-refractivity contribution in [3.05, 3.63) is 29.6 Å². The Bertz CT molecular complexity index is 826. The second-order valence-electron chi connectivity index (χ2n) is 5.90. The van der Waals surface area contributed by atoms with E-state index >= 15 is 0 Å². The number of hydrogen-bond donors (Lipinski definition) is 2. The van der Waals surface area contributed by atoms with E-state index in [1.165, 1.54) is 6.08 Å². The summed E-state index contributed by atoms with van der Waals surface area (Å²) >= 11 is 0. The lowest BCUT2D eigenvalue weighted by Crippen LogP contribution is -2.51. The van der Waals surface area contributed by atoms with Crippen LogP contribution in [0.5, 0.6) is 0 Å². The summed E-state index contributed by atoms with van der Waals surface area (Å²) in [6, 6.07) is 1.78. The van der Waals surface area contributed by atoms with Crippen LogP contribution < -0.4 is 10.6 Å². The van der Waals surface area contributed by atoms with Gasteiger partial charge in [0.1, 0.15) is 5.82 Å². The quantitative estimate of drug-likeness (QED) is 0.568. The SMILES string of the molecule is CCOC(=O)C=Cc1cnn(-c2cc(N3CC(O)C3)nc(N)n2)c1CC. The summed E-state index contributed by atoms with van der Waals surface area (Å²) in [5.41, 5.74) is 7.54. The van der Waals surface area contributed by atoms with E-state index in [0.717, 1.165) is 11.3 Å². The van der Waals surface area contributed by atoms with Gasteiger partial charge in [-0.05, 0) is 19.4 Å². The number of esters is 1. The first-order chi connectivity index (χ1) is 12.5. The lowest BCUT2D eigenvalue weighted by atomic mass is 10.1. The second kappa shape index (κ2) is 7.52. The molecule has 2 aromatic rings. The van der Waals surface area contributed by atoms with Crippen LogP contribution in [0.4, 0.5) is 11.8 Å². The van der Waals surface area contributed by atoms with Gasteiger partial charge in [-0.15, -0.1) is 0 Å². The third-order valence-corrected chi connectivity index (χ3v) is 4.04. The van der Waals surface area contributed by atoms with Gasteiger partial charge in [0.15, 0.2) is 5.82 Å². The molecule has 0 aromatic carbocycles. The first kappa shape index (κ1) is 17.9. The molecule has 9 heteroatoms. The van der Waals surface area contributed by atoms with Gasteiger partial charge in [0.05, 0.1) is 24.6 Å². The van der Waals surface area contributed by atoms with E-state index in [9.17, 15) is 9.90 Å². The number of carbonyl (C=O) groups excluding carboxylic acids is 1. The average Bonchev–Trinajstić information content (AvgIpc) is 3.00. The molecule has 3 heterocycles. The van der Waals surface area contributed by atoms with Crippen LogP contribution in [0.15, 0.2) is 18.3 Å². The van der Waals surface area contributed by atoms with Crippen molar-refractivity contribution in [1.29, 1.82) is 0 Å². The fourth-order valence-electron chi connectivity index (χ4n) is 2.78.